The predicted octanol–water partition coefficient (Wildman–Crippen LogP) is 3.68. The molecule has 2 aliphatic rings. The van der Waals surface area contributed by atoms with Crippen molar-refractivity contribution in [3.8, 4) is 5.75 Å². The highest BCUT2D eigenvalue weighted by Gasteiger charge is 2.40. The molecule has 0 aromatic heterocycles. The molecule has 6 nitrogen and oxygen atoms in total. The average molecular weight is 430 g/mol. The van der Waals surface area contributed by atoms with Crippen molar-refractivity contribution in [2.45, 2.75) is 24.0 Å². The van der Waals surface area contributed by atoms with Crippen molar-refractivity contribution in [2.24, 2.45) is 5.92 Å². The molecule has 0 radical (unpaired) electrons. The fourth-order valence-electron chi connectivity index (χ4n) is 3.67. The summed E-state index contributed by atoms with van der Waals surface area (Å²) in [6, 6.07) is 16.6. The maximum Gasteiger partial charge on any atom is 0.364 e. The number of ether oxygens (including phenoxy) is 3. The van der Waals surface area contributed by atoms with Crippen LogP contribution in [0.1, 0.15) is 12.5 Å². The van der Waals surface area contributed by atoms with E-state index in [0.29, 0.717) is 19.8 Å². The maximum absolute atomic E-state index is 11.2. The second-order valence-electron chi connectivity index (χ2n) is 7.74. The molecule has 2 aromatic carbocycles. The Morgan fingerprint density at radius 2 is 1.93 bits per heavy atom. The van der Waals surface area contributed by atoms with Gasteiger partial charge in [0.2, 0.25) is 0 Å². The summed E-state index contributed by atoms with van der Waals surface area (Å²) < 4.78 is 16.8. The van der Waals surface area contributed by atoms with Crippen LogP contribution in [0.15, 0.2) is 53.4 Å². The summed E-state index contributed by atoms with van der Waals surface area (Å²) in [6.07, 6.45) is 0.776. The third kappa shape index (κ3) is 4.91. The van der Waals surface area contributed by atoms with Gasteiger partial charge in [0.15, 0.2) is 0 Å². The number of anilines is 1. The summed E-state index contributed by atoms with van der Waals surface area (Å²) in [5.41, 5.74) is 2.45. The van der Waals surface area contributed by atoms with Crippen LogP contribution in [-0.2, 0) is 20.7 Å². The minimum Gasteiger partial charge on any atom is -0.492 e. The molecule has 0 atom stereocenters. The first kappa shape index (κ1) is 21.0. The number of carboxylic acid groups (broad SMARTS) is 1. The lowest BCUT2D eigenvalue weighted by molar-refractivity contribution is -0.270. The minimum absolute atomic E-state index is 0.140. The van der Waals surface area contributed by atoms with E-state index in [9.17, 15) is 4.79 Å². The van der Waals surface area contributed by atoms with Crippen molar-refractivity contribution < 1.29 is 24.1 Å². The van der Waals surface area contributed by atoms with Crippen LogP contribution in [-0.4, -0.2) is 55.5 Å². The molecule has 30 heavy (non-hydrogen) atoms. The van der Waals surface area contributed by atoms with Crippen LogP contribution in [0.4, 0.5) is 5.69 Å². The van der Waals surface area contributed by atoms with Crippen molar-refractivity contribution >= 4 is 23.4 Å². The number of aliphatic carboxylic acids is 1. The molecule has 0 amide bonds. The second kappa shape index (κ2) is 9.29. The van der Waals surface area contributed by atoms with Gasteiger partial charge in [-0.3, -0.25) is 0 Å². The standard InChI is InChI=1S/C23H27NO5S/c1-23(22(25)26)28-15-18(16-29-23)14-17-6-8-19(9-7-17)27-12-10-24-11-13-30-21-5-3-2-4-20(21)24/h2-9,18H,10-16H2,1H3,(H,25,26)/t18-,23+. The Morgan fingerprint density at radius 3 is 2.67 bits per heavy atom. The largest absolute Gasteiger partial charge is 0.492 e. The number of hydrogen-bond donors (Lipinski definition) is 1. The molecule has 160 valence electrons. The molecule has 0 saturated carbocycles. The van der Waals surface area contributed by atoms with Gasteiger partial charge in [-0.2, -0.15) is 0 Å². The van der Waals surface area contributed by atoms with Gasteiger partial charge >= 0.3 is 5.97 Å². The quantitative estimate of drug-likeness (QED) is 0.720. The lowest BCUT2D eigenvalue weighted by Gasteiger charge is -2.34. The number of benzene rings is 2. The predicted molar refractivity (Wildman–Crippen MR) is 116 cm³/mol. The molecule has 2 aromatic rings. The Morgan fingerprint density at radius 1 is 1.20 bits per heavy atom. The van der Waals surface area contributed by atoms with Crippen LogP contribution in [0, 0.1) is 5.92 Å². The first-order chi connectivity index (χ1) is 14.5. The Labute approximate surface area is 181 Å². The van der Waals surface area contributed by atoms with Gasteiger partial charge in [-0.15, -0.1) is 11.8 Å². The van der Waals surface area contributed by atoms with Crippen LogP contribution in [0.3, 0.4) is 0 Å². The van der Waals surface area contributed by atoms with Gasteiger partial charge in [-0.1, -0.05) is 24.3 Å². The molecule has 0 aliphatic carbocycles. The summed E-state index contributed by atoms with van der Waals surface area (Å²) in [5, 5.41) is 9.14. The SMILES string of the molecule is C[C@]1(C(=O)O)OC[C@@H](Cc2ccc(OCCN3CCSc4ccccc43)cc2)CO1. The highest BCUT2D eigenvalue weighted by molar-refractivity contribution is 7.99. The number of nitrogens with zero attached hydrogens (tertiary/aromatic N) is 1. The van der Waals surface area contributed by atoms with E-state index in [-0.39, 0.29) is 5.92 Å². The summed E-state index contributed by atoms with van der Waals surface area (Å²) in [4.78, 5) is 14.9. The second-order valence-corrected chi connectivity index (χ2v) is 8.88. The van der Waals surface area contributed by atoms with Gasteiger partial charge in [0, 0.05) is 30.0 Å². The smallest absolute Gasteiger partial charge is 0.364 e. The lowest BCUT2D eigenvalue weighted by atomic mass is 9.99. The zero-order chi connectivity index (χ0) is 21.0. The topological polar surface area (TPSA) is 68.2 Å². The molecule has 4 rings (SSSR count). The summed E-state index contributed by atoms with van der Waals surface area (Å²) >= 11 is 1.91. The zero-order valence-corrected chi connectivity index (χ0v) is 17.9. The molecule has 0 unspecified atom stereocenters. The molecule has 0 spiro atoms. The molecular weight excluding hydrogens is 402 g/mol. The first-order valence-electron chi connectivity index (χ1n) is 10.2. The van der Waals surface area contributed by atoms with Gasteiger partial charge in [0.05, 0.1) is 25.4 Å². The highest BCUT2D eigenvalue weighted by Crippen LogP contribution is 2.34. The number of hydrogen-bond acceptors (Lipinski definition) is 6. The van der Waals surface area contributed by atoms with E-state index in [1.54, 1.807) is 0 Å². The van der Waals surface area contributed by atoms with E-state index in [2.05, 4.69) is 29.2 Å². The van der Waals surface area contributed by atoms with Crippen LogP contribution >= 0.6 is 11.8 Å². The van der Waals surface area contributed by atoms with Crippen LogP contribution in [0.5, 0.6) is 5.75 Å². The fraction of sp³-hybridized carbons (Fsp3) is 0.435. The molecule has 7 heteroatoms. The Kier molecular flexibility index (Phi) is 6.51. The number of carbonyl (C=O) groups is 1. The van der Waals surface area contributed by atoms with Gasteiger partial charge in [0.1, 0.15) is 12.4 Å². The molecule has 0 bridgehead atoms. The summed E-state index contributed by atoms with van der Waals surface area (Å²) in [7, 11) is 0. The van der Waals surface area contributed by atoms with E-state index >= 15 is 0 Å². The molecule has 2 aliphatic heterocycles. The molecular formula is C23H27NO5S. The normalized spacial score (nSPS) is 23.6. The minimum atomic E-state index is -1.53. The van der Waals surface area contributed by atoms with Crippen molar-refractivity contribution in [1.82, 2.24) is 0 Å². The maximum atomic E-state index is 11.2. The van der Waals surface area contributed by atoms with E-state index in [1.807, 2.05) is 36.0 Å². The molecule has 1 N–H and O–H groups in total. The highest BCUT2D eigenvalue weighted by atomic mass is 32.2. The Hall–Kier alpha value is -2.22. The third-order valence-electron chi connectivity index (χ3n) is 5.48. The fourth-order valence-corrected chi connectivity index (χ4v) is 4.72. The van der Waals surface area contributed by atoms with Crippen LogP contribution < -0.4 is 9.64 Å². The Bertz CT molecular complexity index is 864. The summed E-state index contributed by atoms with van der Waals surface area (Å²) in [5.74, 6) is -0.517. The lowest BCUT2D eigenvalue weighted by Crippen LogP contribution is -2.48. The van der Waals surface area contributed by atoms with E-state index in [4.69, 9.17) is 19.3 Å². The van der Waals surface area contributed by atoms with Crippen LogP contribution in [0.2, 0.25) is 0 Å². The monoisotopic (exact) mass is 429 g/mol. The number of fused-ring (bicyclic) bond motifs is 1. The molecule has 2 heterocycles. The first-order valence-corrected chi connectivity index (χ1v) is 11.2. The summed E-state index contributed by atoms with van der Waals surface area (Å²) in [6.45, 7) is 4.72. The zero-order valence-electron chi connectivity index (χ0n) is 17.1. The number of carboxylic acids is 1. The average Bonchev–Trinajstić information content (AvgIpc) is 2.77. The van der Waals surface area contributed by atoms with Gasteiger partial charge < -0.3 is 24.2 Å². The number of thioether (sulfide) groups is 1. The van der Waals surface area contributed by atoms with Gasteiger partial charge in [-0.25, -0.2) is 4.79 Å². The van der Waals surface area contributed by atoms with Gasteiger partial charge in [0.25, 0.3) is 5.79 Å². The van der Waals surface area contributed by atoms with Crippen LogP contribution in [0.25, 0.3) is 0 Å². The third-order valence-corrected chi connectivity index (χ3v) is 6.52. The number of rotatable bonds is 7. The molecule has 1 saturated heterocycles. The van der Waals surface area contributed by atoms with E-state index in [0.717, 1.165) is 36.6 Å². The van der Waals surface area contributed by atoms with Crippen molar-refractivity contribution in [3.05, 3.63) is 54.1 Å². The van der Waals surface area contributed by atoms with E-state index in [1.165, 1.54) is 17.5 Å². The van der Waals surface area contributed by atoms with Crippen molar-refractivity contribution in [1.29, 1.82) is 0 Å². The molecule has 1 fully saturated rings. The number of para-hydroxylation sites is 1. The van der Waals surface area contributed by atoms with Gasteiger partial charge in [-0.05, 0) is 36.2 Å². The van der Waals surface area contributed by atoms with Crippen molar-refractivity contribution in [2.75, 3.05) is 43.6 Å². The van der Waals surface area contributed by atoms with Crippen molar-refractivity contribution in [3.63, 3.8) is 0 Å². The van der Waals surface area contributed by atoms with E-state index < -0.39 is 11.8 Å². The Balaban J connectivity index is 1.24.